The third-order valence-electron chi connectivity index (χ3n) is 4.11. The highest BCUT2D eigenvalue weighted by atomic mass is 16.5. The Kier molecular flexibility index (Phi) is 6.50. The van der Waals surface area contributed by atoms with Crippen molar-refractivity contribution in [3.8, 4) is 0 Å². The van der Waals surface area contributed by atoms with E-state index in [-0.39, 0.29) is 0 Å². The molecule has 1 fully saturated rings. The first-order valence-electron chi connectivity index (χ1n) is 7.34. The first kappa shape index (κ1) is 15.0. The topological polar surface area (TPSA) is 35.2 Å². The molecule has 1 aliphatic rings. The van der Waals surface area contributed by atoms with E-state index < -0.39 is 0 Å². The summed E-state index contributed by atoms with van der Waals surface area (Å²) in [6.07, 6.45) is 4.99. The molecule has 0 aromatic heterocycles. The number of ether oxygens (including phenoxy) is 1. The molecule has 1 rings (SSSR count). The van der Waals surface area contributed by atoms with Crippen LogP contribution >= 0.6 is 0 Å². The zero-order chi connectivity index (χ0) is 12.8. The summed E-state index contributed by atoms with van der Waals surface area (Å²) in [5.41, 5.74) is 6.23. The molecule has 0 spiro atoms. The van der Waals surface area contributed by atoms with Crippen LogP contribution in [0.4, 0.5) is 0 Å². The summed E-state index contributed by atoms with van der Waals surface area (Å²) in [6.45, 7) is 10.8. The number of rotatable bonds is 6. The van der Waals surface area contributed by atoms with E-state index in [2.05, 4.69) is 27.7 Å². The fourth-order valence-electron chi connectivity index (χ4n) is 2.81. The lowest BCUT2D eigenvalue weighted by Crippen LogP contribution is -2.38. The van der Waals surface area contributed by atoms with E-state index >= 15 is 0 Å². The average molecular weight is 241 g/mol. The SMILES string of the molecule is CC(C)COCCC1CC(C(C)C)CCC1N. The normalized spacial score (nSPS) is 30.2. The predicted octanol–water partition coefficient (Wildman–Crippen LogP) is 3.45. The van der Waals surface area contributed by atoms with Crippen molar-refractivity contribution in [2.24, 2.45) is 29.4 Å². The molecule has 17 heavy (non-hydrogen) atoms. The van der Waals surface area contributed by atoms with Gasteiger partial charge in [-0.1, -0.05) is 27.7 Å². The Morgan fingerprint density at radius 1 is 1.18 bits per heavy atom. The molecule has 2 heteroatoms. The zero-order valence-electron chi connectivity index (χ0n) is 12.1. The van der Waals surface area contributed by atoms with Crippen molar-refractivity contribution < 1.29 is 4.74 Å². The zero-order valence-corrected chi connectivity index (χ0v) is 12.1. The van der Waals surface area contributed by atoms with Gasteiger partial charge in [-0.25, -0.2) is 0 Å². The minimum atomic E-state index is 0.410. The van der Waals surface area contributed by atoms with Crippen LogP contribution in [0, 0.1) is 23.7 Å². The Morgan fingerprint density at radius 2 is 1.88 bits per heavy atom. The van der Waals surface area contributed by atoms with Crippen molar-refractivity contribution in [2.75, 3.05) is 13.2 Å². The minimum absolute atomic E-state index is 0.410. The van der Waals surface area contributed by atoms with Crippen LogP contribution in [0.1, 0.15) is 53.4 Å². The summed E-state index contributed by atoms with van der Waals surface area (Å²) in [6, 6.07) is 0.410. The van der Waals surface area contributed by atoms with Gasteiger partial charge in [-0.05, 0) is 49.4 Å². The molecule has 0 amide bonds. The highest BCUT2D eigenvalue weighted by Gasteiger charge is 2.29. The molecule has 3 unspecified atom stereocenters. The van der Waals surface area contributed by atoms with Crippen LogP contribution in [0.5, 0.6) is 0 Å². The fraction of sp³-hybridized carbons (Fsp3) is 1.00. The molecule has 0 aromatic rings. The summed E-state index contributed by atoms with van der Waals surface area (Å²) >= 11 is 0. The molecule has 0 heterocycles. The molecule has 3 atom stereocenters. The maximum atomic E-state index is 6.23. The van der Waals surface area contributed by atoms with E-state index in [1.165, 1.54) is 19.3 Å². The van der Waals surface area contributed by atoms with Crippen LogP contribution in [0.3, 0.4) is 0 Å². The third-order valence-corrected chi connectivity index (χ3v) is 4.11. The standard InChI is InChI=1S/C15H31NO/c1-11(2)10-17-8-7-14-9-13(12(3)4)5-6-15(14)16/h11-15H,5-10,16H2,1-4H3. The largest absolute Gasteiger partial charge is 0.381 e. The summed E-state index contributed by atoms with van der Waals surface area (Å²) in [5, 5.41) is 0. The number of hydrogen-bond donors (Lipinski definition) is 1. The van der Waals surface area contributed by atoms with E-state index in [0.29, 0.717) is 17.9 Å². The number of hydrogen-bond acceptors (Lipinski definition) is 2. The third kappa shape index (κ3) is 5.39. The van der Waals surface area contributed by atoms with Crippen molar-refractivity contribution in [3.05, 3.63) is 0 Å². The lowest BCUT2D eigenvalue weighted by molar-refractivity contribution is 0.0804. The Hall–Kier alpha value is -0.0800. The maximum absolute atomic E-state index is 6.23. The number of nitrogens with two attached hydrogens (primary N) is 1. The van der Waals surface area contributed by atoms with Crippen molar-refractivity contribution in [1.29, 1.82) is 0 Å². The first-order chi connectivity index (χ1) is 8.00. The van der Waals surface area contributed by atoms with E-state index in [9.17, 15) is 0 Å². The van der Waals surface area contributed by atoms with Crippen LogP contribution < -0.4 is 5.73 Å². The van der Waals surface area contributed by atoms with Gasteiger partial charge in [-0.3, -0.25) is 0 Å². The van der Waals surface area contributed by atoms with Crippen molar-refractivity contribution in [2.45, 2.75) is 59.4 Å². The van der Waals surface area contributed by atoms with Gasteiger partial charge in [0.1, 0.15) is 0 Å². The summed E-state index contributed by atoms with van der Waals surface area (Å²) in [4.78, 5) is 0. The maximum Gasteiger partial charge on any atom is 0.0488 e. The van der Waals surface area contributed by atoms with Crippen LogP contribution in [0.2, 0.25) is 0 Å². The highest BCUT2D eigenvalue weighted by molar-refractivity contribution is 4.83. The van der Waals surface area contributed by atoms with Gasteiger partial charge in [-0.2, -0.15) is 0 Å². The molecule has 2 N–H and O–H groups in total. The summed E-state index contributed by atoms with van der Waals surface area (Å²) in [5.74, 6) is 3.01. The van der Waals surface area contributed by atoms with Gasteiger partial charge >= 0.3 is 0 Å². The van der Waals surface area contributed by atoms with Crippen molar-refractivity contribution >= 4 is 0 Å². The molecule has 0 bridgehead atoms. The first-order valence-corrected chi connectivity index (χ1v) is 7.34. The van der Waals surface area contributed by atoms with Gasteiger partial charge in [-0.15, -0.1) is 0 Å². The van der Waals surface area contributed by atoms with Gasteiger partial charge in [0.15, 0.2) is 0 Å². The molecule has 1 saturated carbocycles. The molecule has 0 radical (unpaired) electrons. The Balaban J connectivity index is 2.25. The van der Waals surface area contributed by atoms with Crippen LogP contribution in [-0.2, 0) is 4.74 Å². The molecular formula is C15H31NO. The van der Waals surface area contributed by atoms with Crippen molar-refractivity contribution in [1.82, 2.24) is 0 Å². The molecular weight excluding hydrogens is 210 g/mol. The van der Waals surface area contributed by atoms with Gasteiger partial charge in [0.25, 0.3) is 0 Å². The van der Waals surface area contributed by atoms with Crippen molar-refractivity contribution in [3.63, 3.8) is 0 Å². The van der Waals surface area contributed by atoms with Crippen LogP contribution in [0.25, 0.3) is 0 Å². The van der Waals surface area contributed by atoms with Gasteiger partial charge in [0.2, 0.25) is 0 Å². The van der Waals surface area contributed by atoms with Gasteiger partial charge in [0.05, 0.1) is 0 Å². The molecule has 1 aliphatic carbocycles. The second-order valence-corrected chi connectivity index (χ2v) is 6.50. The smallest absolute Gasteiger partial charge is 0.0488 e. The Labute approximate surface area is 107 Å². The van der Waals surface area contributed by atoms with E-state index in [1.54, 1.807) is 0 Å². The minimum Gasteiger partial charge on any atom is -0.381 e. The average Bonchev–Trinajstić information content (AvgIpc) is 2.25. The summed E-state index contributed by atoms with van der Waals surface area (Å²) < 4.78 is 5.69. The molecule has 0 aromatic carbocycles. The van der Waals surface area contributed by atoms with Crippen LogP contribution in [-0.4, -0.2) is 19.3 Å². The molecule has 0 aliphatic heterocycles. The molecule has 102 valence electrons. The lowest BCUT2D eigenvalue weighted by atomic mass is 9.73. The lowest BCUT2D eigenvalue weighted by Gasteiger charge is -2.36. The van der Waals surface area contributed by atoms with E-state index in [0.717, 1.165) is 31.5 Å². The predicted molar refractivity (Wildman–Crippen MR) is 73.9 cm³/mol. The monoisotopic (exact) mass is 241 g/mol. The van der Waals surface area contributed by atoms with E-state index in [4.69, 9.17) is 10.5 Å². The molecule has 0 saturated heterocycles. The van der Waals surface area contributed by atoms with Crippen LogP contribution in [0.15, 0.2) is 0 Å². The quantitative estimate of drug-likeness (QED) is 0.723. The van der Waals surface area contributed by atoms with Gasteiger partial charge in [0, 0.05) is 19.3 Å². The molecule has 2 nitrogen and oxygen atoms in total. The fourth-order valence-corrected chi connectivity index (χ4v) is 2.81. The second kappa shape index (κ2) is 7.38. The Morgan fingerprint density at radius 3 is 2.47 bits per heavy atom. The Bertz CT molecular complexity index is 203. The summed E-state index contributed by atoms with van der Waals surface area (Å²) in [7, 11) is 0. The van der Waals surface area contributed by atoms with E-state index in [1.807, 2.05) is 0 Å². The second-order valence-electron chi connectivity index (χ2n) is 6.50. The highest BCUT2D eigenvalue weighted by Crippen LogP contribution is 2.34. The van der Waals surface area contributed by atoms with Gasteiger partial charge < -0.3 is 10.5 Å².